The summed E-state index contributed by atoms with van der Waals surface area (Å²) in [4.78, 5) is 35.1. The standard InChI is InChI=1S/C13H14BrN3O3/c1-7-5-8(14)3-4-10(7)15-11(18)6-9-12(19)16-17(2)13(9)20/h3-5,9H,6H2,1-2H3,(H,15,18)(H,16,19). The van der Waals surface area contributed by atoms with Gasteiger partial charge in [0.05, 0.1) is 0 Å². The number of hydrazine groups is 1. The Bertz CT molecular complexity index is 588. The van der Waals surface area contributed by atoms with Crippen LogP contribution in [-0.2, 0) is 14.4 Å². The van der Waals surface area contributed by atoms with E-state index in [4.69, 9.17) is 0 Å². The van der Waals surface area contributed by atoms with E-state index in [-0.39, 0.29) is 12.3 Å². The molecule has 7 heteroatoms. The molecule has 1 unspecified atom stereocenters. The third-order valence-corrected chi connectivity index (χ3v) is 3.57. The highest BCUT2D eigenvalue weighted by atomic mass is 79.9. The first kappa shape index (κ1) is 14.5. The maximum Gasteiger partial charge on any atom is 0.253 e. The highest BCUT2D eigenvalue weighted by molar-refractivity contribution is 9.10. The van der Waals surface area contributed by atoms with E-state index in [1.165, 1.54) is 7.05 Å². The summed E-state index contributed by atoms with van der Waals surface area (Å²) in [5.74, 6) is -2.15. The lowest BCUT2D eigenvalue weighted by molar-refractivity contribution is -0.134. The summed E-state index contributed by atoms with van der Waals surface area (Å²) in [6.45, 7) is 1.86. The van der Waals surface area contributed by atoms with Gasteiger partial charge in [0.25, 0.3) is 11.8 Å². The van der Waals surface area contributed by atoms with Crippen molar-refractivity contribution in [2.75, 3.05) is 12.4 Å². The van der Waals surface area contributed by atoms with Gasteiger partial charge in [-0.15, -0.1) is 0 Å². The second-order valence-electron chi connectivity index (χ2n) is 4.64. The summed E-state index contributed by atoms with van der Waals surface area (Å²) in [6.07, 6.45) is -0.162. The maximum absolute atomic E-state index is 11.9. The van der Waals surface area contributed by atoms with E-state index in [0.29, 0.717) is 5.69 Å². The van der Waals surface area contributed by atoms with E-state index in [9.17, 15) is 14.4 Å². The quantitative estimate of drug-likeness (QED) is 0.812. The van der Waals surface area contributed by atoms with Crippen LogP contribution in [0.3, 0.4) is 0 Å². The normalized spacial score (nSPS) is 18.1. The van der Waals surface area contributed by atoms with Crippen LogP contribution in [-0.4, -0.2) is 29.8 Å². The average Bonchev–Trinajstić information content (AvgIpc) is 2.60. The van der Waals surface area contributed by atoms with Gasteiger partial charge >= 0.3 is 0 Å². The number of carbonyl (C=O) groups is 3. The van der Waals surface area contributed by atoms with Crippen LogP contribution in [0.1, 0.15) is 12.0 Å². The van der Waals surface area contributed by atoms with Gasteiger partial charge in [-0.1, -0.05) is 15.9 Å². The van der Waals surface area contributed by atoms with E-state index in [1.807, 2.05) is 19.1 Å². The van der Waals surface area contributed by atoms with Gasteiger partial charge in [0, 0.05) is 23.6 Å². The maximum atomic E-state index is 11.9. The predicted molar refractivity (Wildman–Crippen MR) is 76.5 cm³/mol. The number of carbonyl (C=O) groups excluding carboxylic acids is 3. The third kappa shape index (κ3) is 2.98. The minimum Gasteiger partial charge on any atom is -0.326 e. The lowest BCUT2D eigenvalue weighted by Crippen LogP contribution is -2.31. The van der Waals surface area contributed by atoms with Gasteiger partial charge in [-0.2, -0.15) is 0 Å². The van der Waals surface area contributed by atoms with Crippen molar-refractivity contribution in [1.82, 2.24) is 10.4 Å². The molecule has 0 aliphatic carbocycles. The summed E-state index contributed by atoms with van der Waals surface area (Å²) in [5, 5.41) is 3.81. The summed E-state index contributed by atoms with van der Waals surface area (Å²) >= 11 is 3.34. The summed E-state index contributed by atoms with van der Waals surface area (Å²) in [5.41, 5.74) is 3.92. The molecule has 6 nitrogen and oxygen atoms in total. The molecule has 20 heavy (non-hydrogen) atoms. The van der Waals surface area contributed by atoms with Crippen molar-refractivity contribution in [3.05, 3.63) is 28.2 Å². The molecule has 1 aliphatic rings. The Labute approximate surface area is 124 Å². The molecule has 3 amide bonds. The van der Waals surface area contributed by atoms with Gasteiger partial charge in [-0.25, -0.2) is 0 Å². The van der Waals surface area contributed by atoms with Crippen molar-refractivity contribution in [3.8, 4) is 0 Å². The van der Waals surface area contributed by atoms with E-state index in [2.05, 4.69) is 26.7 Å². The molecule has 2 rings (SSSR count). The van der Waals surface area contributed by atoms with Gasteiger partial charge < -0.3 is 5.32 Å². The van der Waals surface area contributed by atoms with Gasteiger partial charge in [-0.05, 0) is 30.7 Å². The fourth-order valence-electron chi connectivity index (χ4n) is 1.98. The zero-order chi connectivity index (χ0) is 14.9. The van der Waals surface area contributed by atoms with E-state index >= 15 is 0 Å². The topological polar surface area (TPSA) is 78.5 Å². The first-order valence-electron chi connectivity index (χ1n) is 6.02. The molecule has 1 aliphatic heterocycles. The lowest BCUT2D eigenvalue weighted by Gasteiger charge is -2.10. The van der Waals surface area contributed by atoms with Gasteiger partial charge in [0.1, 0.15) is 5.92 Å². The molecule has 1 fully saturated rings. The molecule has 1 saturated heterocycles. The number of hydrogen-bond donors (Lipinski definition) is 2. The average molecular weight is 340 g/mol. The summed E-state index contributed by atoms with van der Waals surface area (Å²) < 4.78 is 0.917. The van der Waals surface area contributed by atoms with Crippen LogP contribution in [0, 0.1) is 12.8 Å². The summed E-state index contributed by atoms with van der Waals surface area (Å²) in [7, 11) is 1.46. The molecule has 0 spiro atoms. The van der Waals surface area contributed by atoms with Crippen LogP contribution >= 0.6 is 15.9 Å². The molecule has 1 aromatic carbocycles. The number of nitrogens with zero attached hydrogens (tertiary/aromatic N) is 1. The van der Waals surface area contributed by atoms with Crippen molar-refractivity contribution in [1.29, 1.82) is 0 Å². The molecule has 0 radical (unpaired) electrons. The number of aryl methyl sites for hydroxylation is 1. The first-order valence-corrected chi connectivity index (χ1v) is 6.82. The number of benzene rings is 1. The second kappa shape index (κ2) is 5.62. The van der Waals surface area contributed by atoms with Crippen molar-refractivity contribution >= 4 is 39.3 Å². The van der Waals surface area contributed by atoms with Crippen LogP contribution in [0.4, 0.5) is 5.69 Å². The highest BCUT2D eigenvalue weighted by Crippen LogP contribution is 2.21. The minimum absolute atomic E-state index is 0.162. The monoisotopic (exact) mass is 339 g/mol. The van der Waals surface area contributed by atoms with Crippen LogP contribution in [0.25, 0.3) is 0 Å². The smallest absolute Gasteiger partial charge is 0.253 e. The Kier molecular flexibility index (Phi) is 4.08. The Morgan fingerprint density at radius 2 is 2.15 bits per heavy atom. The number of hydrogen-bond acceptors (Lipinski definition) is 3. The number of halogens is 1. The van der Waals surface area contributed by atoms with Crippen molar-refractivity contribution in [3.63, 3.8) is 0 Å². The van der Waals surface area contributed by atoms with Crippen LogP contribution in [0.5, 0.6) is 0 Å². The summed E-state index contributed by atoms with van der Waals surface area (Å²) in [6, 6.07) is 5.45. The second-order valence-corrected chi connectivity index (χ2v) is 5.55. The molecule has 0 aromatic heterocycles. The predicted octanol–water partition coefficient (Wildman–Crippen LogP) is 1.21. The number of nitrogens with one attached hydrogen (secondary N) is 2. The van der Waals surface area contributed by atoms with Crippen LogP contribution in [0.15, 0.2) is 22.7 Å². The number of anilines is 1. The van der Waals surface area contributed by atoms with E-state index < -0.39 is 17.7 Å². The van der Waals surface area contributed by atoms with E-state index in [0.717, 1.165) is 15.0 Å². The highest BCUT2D eigenvalue weighted by Gasteiger charge is 2.38. The molecule has 106 valence electrons. The van der Waals surface area contributed by atoms with Gasteiger partial charge in [-0.3, -0.25) is 24.8 Å². The van der Waals surface area contributed by atoms with Crippen molar-refractivity contribution in [2.24, 2.45) is 5.92 Å². The molecule has 0 saturated carbocycles. The van der Waals surface area contributed by atoms with E-state index in [1.54, 1.807) is 6.07 Å². The molecule has 1 atom stereocenters. The fraction of sp³-hybridized carbons (Fsp3) is 0.308. The Morgan fingerprint density at radius 3 is 2.70 bits per heavy atom. The van der Waals surface area contributed by atoms with Crippen molar-refractivity contribution < 1.29 is 14.4 Å². The van der Waals surface area contributed by atoms with Gasteiger partial charge in [0.2, 0.25) is 5.91 Å². The first-order chi connectivity index (χ1) is 9.38. The molecule has 1 heterocycles. The van der Waals surface area contributed by atoms with Crippen molar-refractivity contribution in [2.45, 2.75) is 13.3 Å². The molecule has 1 aromatic rings. The fourth-order valence-corrected chi connectivity index (χ4v) is 2.45. The Hall–Kier alpha value is -1.89. The Balaban J connectivity index is 2.03. The lowest BCUT2D eigenvalue weighted by atomic mass is 10.0. The number of rotatable bonds is 3. The Morgan fingerprint density at radius 1 is 1.45 bits per heavy atom. The largest absolute Gasteiger partial charge is 0.326 e. The SMILES string of the molecule is Cc1cc(Br)ccc1NC(=O)CC1C(=O)NN(C)C1=O. The molecule has 2 N–H and O–H groups in total. The minimum atomic E-state index is -0.948. The molecular weight excluding hydrogens is 326 g/mol. The van der Waals surface area contributed by atoms with Crippen LogP contribution < -0.4 is 10.7 Å². The van der Waals surface area contributed by atoms with Crippen LogP contribution in [0.2, 0.25) is 0 Å². The zero-order valence-corrected chi connectivity index (χ0v) is 12.7. The molecular formula is C13H14BrN3O3. The van der Waals surface area contributed by atoms with Gasteiger partial charge in [0.15, 0.2) is 0 Å². The third-order valence-electron chi connectivity index (χ3n) is 3.08. The zero-order valence-electron chi connectivity index (χ0n) is 11.1. The molecule has 0 bridgehead atoms. The number of amides is 3.